The molecular formula is C18H18N4O2S. The van der Waals surface area contributed by atoms with E-state index in [1.807, 2.05) is 26.0 Å². The number of aromatic hydroxyl groups is 1. The van der Waals surface area contributed by atoms with Gasteiger partial charge in [0.1, 0.15) is 18.1 Å². The Hall–Kier alpha value is -2.93. The largest absolute Gasteiger partial charge is 0.508 e. The van der Waals surface area contributed by atoms with Crippen molar-refractivity contribution < 1.29 is 9.84 Å². The van der Waals surface area contributed by atoms with E-state index in [0.717, 1.165) is 22.4 Å². The molecule has 0 fully saturated rings. The second kappa shape index (κ2) is 7.31. The Balaban J connectivity index is 1.77. The summed E-state index contributed by atoms with van der Waals surface area (Å²) in [6.07, 6.45) is 1.64. The number of ether oxygens (including phenoxy) is 1. The maximum atomic E-state index is 9.32. The van der Waals surface area contributed by atoms with E-state index in [9.17, 15) is 5.11 Å². The molecule has 0 radical (unpaired) electrons. The summed E-state index contributed by atoms with van der Waals surface area (Å²) in [5.41, 5.74) is 3.11. The summed E-state index contributed by atoms with van der Waals surface area (Å²) in [6, 6.07) is 12.7. The van der Waals surface area contributed by atoms with Gasteiger partial charge in [0.05, 0.1) is 6.21 Å². The van der Waals surface area contributed by atoms with E-state index in [-0.39, 0.29) is 12.4 Å². The summed E-state index contributed by atoms with van der Waals surface area (Å²) in [4.78, 5) is 0. The number of phenols is 1. The maximum absolute atomic E-state index is 9.32. The molecule has 1 aromatic heterocycles. The molecule has 0 saturated carbocycles. The number of aromatic nitrogens is 3. The van der Waals surface area contributed by atoms with Crippen molar-refractivity contribution >= 4 is 18.4 Å². The summed E-state index contributed by atoms with van der Waals surface area (Å²) in [7, 11) is 0. The third kappa shape index (κ3) is 4.33. The van der Waals surface area contributed by atoms with Gasteiger partial charge in [-0.25, -0.2) is 5.10 Å². The fraction of sp³-hybridized carbons (Fsp3) is 0.167. The zero-order chi connectivity index (χ0) is 17.8. The summed E-state index contributed by atoms with van der Waals surface area (Å²) in [6.45, 7) is 4.29. The molecule has 0 spiro atoms. The van der Waals surface area contributed by atoms with Crippen molar-refractivity contribution in [3.8, 4) is 11.5 Å². The van der Waals surface area contributed by atoms with Gasteiger partial charge in [0.2, 0.25) is 4.77 Å². The van der Waals surface area contributed by atoms with Gasteiger partial charge in [-0.05, 0) is 79.2 Å². The van der Waals surface area contributed by atoms with Crippen LogP contribution in [0, 0.1) is 18.6 Å². The van der Waals surface area contributed by atoms with Gasteiger partial charge >= 0.3 is 0 Å². The number of H-pyrrole nitrogens is 1. The predicted molar refractivity (Wildman–Crippen MR) is 98.8 cm³/mol. The normalized spacial score (nSPS) is 11.1. The lowest BCUT2D eigenvalue weighted by Crippen LogP contribution is -2.04. The number of hydrogen-bond acceptors (Lipinski definition) is 5. The average Bonchev–Trinajstić information content (AvgIpc) is 2.92. The minimum atomic E-state index is 0.208. The minimum absolute atomic E-state index is 0.208. The molecule has 128 valence electrons. The van der Waals surface area contributed by atoms with Gasteiger partial charge in [0.25, 0.3) is 0 Å². The number of aromatic amines is 1. The smallest absolute Gasteiger partial charge is 0.216 e. The highest BCUT2D eigenvalue weighted by molar-refractivity contribution is 7.71. The third-order valence-corrected chi connectivity index (χ3v) is 3.76. The van der Waals surface area contributed by atoms with Crippen molar-refractivity contribution in [2.24, 2.45) is 5.10 Å². The molecule has 0 saturated heterocycles. The molecule has 2 N–H and O–H groups in total. The van der Waals surface area contributed by atoms with Crippen LogP contribution in [-0.2, 0) is 6.61 Å². The Kier molecular flexibility index (Phi) is 4.95. The van der Waals surface area contributed by atoms with Crippen LogP contribution in [0.15, 0.2) is 47.6 Å². The van der Waals surface area contributed by atoms with E-state index in [1.165, 1.54) is 4.68 Å². The number of rotatable bonds is 5. The molecule has 0 atom stereocenters. The fourth-order valence-electron chi connectivity index (χ4n) is 2.39. The van der Waals surface area contributed by atoms with Crippen LogP contribution in [0.25, 0.3) is 0 Å². The van der Waals surface area contributed by atoms with Crippen molar-refractivity contribution in [2.75, 3.05) is 0 Å². The SMILES string of the molecule is Cc1cc(C)cc(OCc2n[nH]c(=S)n2/N=C/c2ccc(O)cc2)c1. The van der Waals surface area contributed by atoms with E-state index in [2.05, 4.69) is 21.4 Å². The maximum Gasteiger partial charge on any atom is 0.216 e. The van der Waals surface area contributed by atoms with E-state index < -0.39 is 0 Å². The standard InChI is InChI=1S/C18H18N4O2S/c1-12-7-13(2)9-16(8-12)24-11-17-20-21-18(25)22(17)19-10-14-3-5-15(23)6-4-14/h3-10,23H,11H2,1-2H3,(H,21,25)/b19-10+. The number of phenolic OH excluding ortho intramolecular Hbond substituents is 1. The Morgan fingerprint density at radius 1 is 1.20 bits per heavy atom. The van der Waals surface area contributed by atoms with Gasteiger partial charge in [-0.15, -0.1) is 0 Å². The van der Waals surface area contributed by atoms with Gasteiger partial charge in [-0.2, -0.15) is 14.9 Å². The highest BCUT2D eigenvalue weighted by Gasteiger charge is 2.07. The number of nitrogens with one attached hydrogen (secondary N) is 1. The highest BCUT2D eigenvalue weighted by Crippen LogP contribution is 2.17. The number of nitrogens with zero attached hydrogens (tertiary/aromatic N) is 3. The number of hydrogen-bond donors (Lipinski definition) is 2. The fourth-order valence-corrected chi connectivity index (χ4v) is 2.58. The molecule has 25 heavy (non-hydrogen) atoms. The van der Waals surface area contributed by atoms with Gasteiger partial charge in [-0.3, -0.25) is 0 Å². The van der Waals surface area contributed by atoms with Crippen molar-refractivity contribution in [3.63, 3.8) is 0 Å². The summed E-state index contributed by atoms with van der Waals surface area (Å²) >= 11 is 5.22. The van der Waals surface area contributed by atoms with Crippen molar-refractivity contribution in [3.05, 3.63) is 69.8 Å². The van der Waals surface area contributed by atoms with Crippen LogP contribution in [0.4, 0.5) is 0 Å². The lowest BCUT2D eigenvalue weighted by Gasteiger charge is -2.07. The molecule has 0 amide bonds. The minimum Gasteiger partial charge on any atom is -0.508 e. The van der Waals surface area contributed by atoms with E-state index in [0.29, 0.717) is 10.6 Å². The lowest BCUT2D eigenvalue weighted by atomic mass is 10.1. The van der Waals surface area contributed by atoms with Crippen molar-refractivity contribution in [2.45, 2.75) is 20.5 Å². The van der Waals surface area contributed by atoms with Crippen LogP contribution in [0.5, 0.6) is 11.5 Å². The number of benzene rings is 2. The summed E-state index contributed by atoms with van der Waals surface area (Å²) in [5.74, 6) is 1.55. The summed E-state index contributed by atoms with van der Waals surface area (Å²) < 4.78 is 7.72. The van der Waals surface area contributed by atoms with Gasteiger partial charge in [0.15, 0.2) is 5.82 Å². The molecule has 0 aliphatic rings. The van der Waals surface area contributed by atoms with Crippen LogP contribution in [0.3, 0.4) is 0 Å². The molecule has 0 aliphatic heterocycles. The van der Waals surface area contributed by atoms with Gasteiger partial charge < -0.3 is 9.84 Å². The predicted octanol–water partition coefficient (Wildman–Crippen LogP) is 3.72. The molecule has 0 bridgehead atoms. The first-order valence-corrected chi connectivity index (χ1v) is 8.13. The number of aryl methyl sites for hydroxylation is 2. The molecule has 0 unspecified atom stereocenters. The van der Waals surface area contributed by atoms with Crippen LogP contribution in [0.1, 0.15) is 22.5 Å². The quantitative estimate of drug-likeness (QED) is 0.541. The first kappa shape index (κ1) is 16.9. The van der Waals surface area contributed by atoms with Gasteiger partial charge in [0, 0.05) is 0 Å². The Labute approximate surface area is 150 Å². The van der Waals surface area contributed by atoms with Crippen LogP contribution in [-0.4, -0.2) is 26.2 Å². The molecule has 0 aliphatic carbocycles. The zero-order valence-corrected chi connectivity index (χ0v) is 14.7. The van der Waals surface area contributed by atoms with Gasteiger partial charge in [-0.1, -0.05) is 6.07 Å². The van der Waals surface area contributed by atoms with E-state index in [4.69, 9.17) is 17.0 Å². The second-order valence-electron chi connectivity index (χ2n) is 5.70. The molecule has 2 aromatic carbocycles. The first-order chi connectivity index (χ1) is 12.0. The van der Waals surface area contributed by atoms with Crippen molar-refractivity contribution in [1.82, 2.24) is 14.9 Å². The molecule has 1 heterocycles. The molecule has 3 rings (SSSR count). The highest BCUT2D eigenvalue weighted by atomic mass is 32.1. The zero-order valence-electron chi connectivity index (χ0n) is 13.9. The van der Waals surface area contributed by atoms with Crippen LogP contribution in [0.2, 0.25) is 0 Å². The average molecular weight is 354 g/mol. The van der Waals surface area contributed by atoms with Crippen LogP contribution < -0.4 is 4.74 Å². The Morgan fingerprint density at radius 3 is 2.56 bits per heavy atom. The topological polar surface area (TPSA) is 75.4 Å². The monoisotopic (exact) mass is 354 g/mol. The third-order valence-electron chi connectivity index (χ3n) is 3.50. The summed E-state index contributed by atoms with van der Waals surface area (Å²) in [5, 5.41) is 20.6. The second-order valence-corrected chi connectivity index (χ2v) is 6.09. The van der Waals surface area contributed by atoms with E-state index >= 15 is 0 Å². The molecule has 3 aromatic rings. The molecule has 6 nitrogen and oxygen atoms in total. The van der Waals surface area contributed by atoms with Crippen molar-refractivity contribution in [1.29, 1.82) is 0 Å². The molecule has 7 heteroatoms. The Bertz CT molecular complexity index is 938. The van der Waals surface area contributed by atoms with Crippen LogP contribution >= 0.6 is 12.2 Å². The molecular weight excluding hydrogens is 336 g/mol. The first-order valence-electron chi connectivity index (χ1n) is 7.72. The lowest BCUT2D eigenvalue weighted by molar-refractivity contribution is 0.290. The Morgan fingerprint density at radius 2 is 1.88 bits per heavy atom. The van der Waals surface area contributed by atoms with E-state index in [1.54, 1.807) is 30.5 Å².